The summed E-state index contributed by atoms with van der Waals surface area (Å²) in [5.74, 6) is -0.175. The molecule has 0 bridgehead atoms. The molecule has 2 N–H and O–H groups in total. The number of carbonyl (C=O) groups excluding carboxylic acids is 1. The number of halogens is 3. The van der Waals surface area contributed by atoms with Gasteiger partial charge in [-0.15, -0.1) is 12.4 Å². The third-order valence-corrected chi connectivity index (χ3v) is 5.34. The number of amides is 1. The van der Waals surface area contributed by atoms with Crippen LogP contribution in [0.4, 0.5) is 8.78 Å². The zero-order chi connectivity index (χ0) is 20.4. The molecule has 0 radical (unpaired) electrons. The lowest BCUT2D eigenvalue weighted by molar-refractivity contribution is 0.0893. The molecule has 4 rings (SSSR count). The van der Waals surface area contributed by atoms with Crippen molar-refractivity contribution in [1.29, 1.82) is 0 Å². The number of aromatic nitrogens is 1. The normalized spacial score (nSPS) is 18.6. The van der Waals surface area contributed by atoms with Crippen molar-refractivity contribution < 1.29 is 18.3 Å². The predicted molar refractivity (Wildman–Crippen MR) is 115 cm³/mol. The van der Waals surface area contributed by atoms with E-state index in [0.717, 1.165) is 11.3 Å². The van der Waals surface area contributed by atoms with Crippen molar-refractivity contribution in [2.75, 3.05) is 20.2 Å². The summed E-state index contributed by atoms with van der Waals surface area (Å²) in [6.45, 7) is 1.31. The number of piperidine rings is 1. The lowest BCUT2D eigenvalue weighted by Gasteiger charge is -2.27. The fourth-order valence-electron chi connectivity index (χ4n) is 3.77. The number of hydrogen-bond donors (Lipinski definition) is 2. The molecule has 1 aliphatic heterocycles. The molecule has 0 saturated carbocycles. The molecule has 5 nitrogen and oxygen atoms in total. The van der Waals surface area contributed by atoms with E-state index in [-0.39, 0.29) is 29.9 Å². The Morgan fingerprint density at radius 2 is 2.03 bits per heavy atom. The Balaban J connectivity index is 0.00000256. The first kappa shape index (κ1) is 22.1. The zero-order valence-corrected chi connectivity index (χ0v) is 17.3. The number of fused-ring (bicyclic) bond motifs is 1. The number of methoxy groups -OCH3 is 1. The van der Waals surface area contributed by atoms with E-state index in [4.69, 9.17) is 4.74 Å². The Hall–Kier alpha value is -2.64. The topological polar surface area (TPSA) is 55.3 Å². The summed E-state index contributed by atoms with van der Waals surface area (Å²) in [7, 11) is 1.60. The van der Waals surface area contributed by atoms with Gasteiger partial charge in [-0.25, -0.2) is 8.78 Å². The van der Waals surface area contributed by atoms with Gasteiger partial charge < -0.3 is 19.9 Å². The molecule has 1 saturated heterocycles. The molecule has 1 fully saturated rings. The third-order valence-electron chi connectivity index (χ3n) is 5.34. The van der Waals surface area contributed by atoms with E-state index in [1.54, 1.807) is 25.4 Å². The second-order valence-corrected chi connectivity index (χ2v) is 7.24. The van der Waals surface area contributed by atoms with Crippen LogP contribution in [0.5, 0.6) is 5.75 Å². The molecule has 2 heterocycles. The van der Waals surface area contributed by atoms with Crippen LogP contribution >= 0.6 is 12.4 Å². The average molecular weight is 436 g/mol. The molecular formula is C22H24ClF2N3O2. The van der Waals surface area contributed by atoms with Crippen LogP contribution in [0.2, 0.25) is 0 Å². The maximum absolute atomic E-state index is 14.6. The van der Waals surface area contributed by atoms with Crippen LogP contribution in [0.3, 0.4) is 0 Å². The van der Waals surface area contributed by atoms with Crippen molar-refractivity contribution >= 4 is 29.2 Å². The monoisotopic (exact) mass is 435 g/mol. The Morgan fingerprint density at radius 3 is 2.73 bits per heavy atom. The Kier molecular flexibility index (Phi) is 6.95. The van der Waals surface area contributed by atoms with Gasteiger partial charge in [0.15, 0.2) is 0 Å². The summed E-state index contributed by atoms with van der Waals surface area (Å²) in [5, 5.41) is 5.96. The molecule has 2 unspecified atom stereocenters. The molecule has 1 aliphatic rings. The van der Waals surface area contributed by atoms with Crippen LogP contribution in [0.25, 0.3) is 10.9 Å². The third kappa shape index (κ3) is 4.42. The summed E-state index contributed by atoms with van der Waals surface area (Å²) >= 11 is 0. The van der Waals surface area contributed by atoms with Gasteiger partial charge in [-0.3, -0.25) is 4.79 Å². The number of hydrogen-bond acceptors (Lipinski definition) is 3. The molecule has 0 aliphatic carbocycles. The van der Waals surface area contributed by atoms with Crippen LogP contribution in [0.1, 0.15) is 22.3 Å². The number of rotatable bonds is 5. The fourth-order valence-corrected chi connectivity index (χ4v) is 3.77. The SMILES string of the molecule is COc1ccc(Cn2cc(C(=O)NC3CCNCC3F)c3c(F)cccc32)cc1.Cl. The number of nitrogens with zero attached hydrogens (tertiary/aromatic N) is 1. The van der Waals surface area contributed by atoms with Crippen molar-refractivity contribution in [2.24, 2.45) is 0 Å². The van der Waals surface area contributed by atoms with Crippen LogP contribution in [-0.2, 0) is 6.54 Å². The lowest BCUT2D eigenvalue weighted by atomic mass is 10.0. The average Bonchev–Trinajstić information content (AvgIpc) is 3.10. The van der Waals surface area contributed by atoms with Gasteiger partial charge in [0.25, 0.3) is 5.91 Å². The highest BCUT2D eigenvalue weighted by molar-refractivity contribution is 6.07. The molecule has 1 aromatic heterocycles. The molecular weight excluding hydrogens is 412 g/mol. The van der Waals surface area contributed by atoms with E-state index >= 15 is 0 Å². The second-order valence-electron chi connectivity index (χ2n) is 7.24. The number of nitrogens with one attached hydrogen (secondary N) is 2. The number of ether oxygens (including phenoxy) is 1. The van der Waals surface area contributed by atoms with Crippen LogP contribution in [0.15, 0.2) is 48.7 Å². The fraction of sp³-hybridized carbons (Fsp3) is 0.318. The highest BCUT2D eigenvalue weighted by Gasteiger charge is 2.28. The van der Waals surface area contributed by atoms with Gasteiger partial charge >= 0.3 is 0 Å². The smallest absolute Gasteiger partial charge is 0.253 e. The van der Waals surface area contributed by atoms with E-state index < -0.39 is 23.9 Å². The van der Waals surface area contributed by atoms with Gasteiger partial charge in [0.05, 0.1) is 24.2 Å². The van der Waals surface area contributed by atoms with Crippen molar-refractivity contribution in [1.82, 2.24) is 15.2 Å². The Bertz CT molecular complexity index is 1020. The highest BCUT2D eigenvalue weighted by atomic mass is 35.5. The van der Waals surface area contributed by atoms with Crippen molar-refractivity contribution in [3.63, 3.8) is 0 Å². The predicted octanol–water partition coefficient (Wildman–Crippen LogP) is 3.69. The molecule has 0 spiro atoms. The zero-order valence-electron chi connectivity index (χ0n) is 16.5. The first-order valence-corrected chi connectivity index (χ1v) is 9.62. The van der Waals surface area contributed by atoms with Gasteiger partial charge in [0, 0.05) is 24.7 Å². The first-order chi connectivity index (χ1) is 14.1. The van der Waals surface area contributed by atoms with Crippen molar-refractivity contribution in [3.05, 3.63) is 65.6 Å². The molecule has 3 aromatic rings. The molecule has 30 heavy (non-hydrogen) atoms. The van der Waals surface area contributed by atoms with Gasteiger partial charge in [-0.2, -0.15) is 0 Å². The summed E-state index contributed by atoms with van der Waals surface area (Å²) < 4.78 is 35.7. The van der Waals surface area contributed by atoms with Crippen LogP contribution in [-0.4, -0.2) is 42.9 Å². The van der Waals surface area contributed by atoms with Gasteiger partial charge in [0.1, 0.15) is 17.7 Å². The maximum Gasteiger partial charge on any atom is 0.253 e. The van der Waals surface area contributed by atoms with E-state index in [2.05, 4.69) is 10.6 Å². The standard InChI is InChI=1S/C22H23F2N3O2.ClH/c1-29-15-7-5-14(6-8-15)12-27-13-16(21-17(23)3-2-4-20(21)27)22(28)26-19-9-10-25-11-18(19)24;/h2-8,13,18-19,25H,9-12H2,1H3,(H,26,28);1H. The lowest BCUT2D eigenvalue weighted by Crippen LogP contribution is -2.50. The van der Waals surface area contributed by atoms with Gasteiger partial charge in [-0.1, -0.05) is 18.2 Å². The Morgan fingerprint density at radius 1 is 1.27 bits per heavy atom. The van der Waals surface area contributed by atoms with E-state index in [1.165, 1.54) is 6.07 Å². The van der Waals surface area contributed by atoms with Crippen molar-refractivity contribution in [3.8, 4) is 5.75 Å². The van der Waals surface area contributed by atoms with Gasteiger partial charge in [0.2, 0.25) is 0 Å². The summed E-state index contributed by atoms with van der Waals surface area (Å²) in [4.78, 5) is 12.9. The minimum absolute atomic E-state index is 0. The van der Waals surface area contributed by atoms with E-state index in [9.17, 15) is 13.6 Å². The Labute approximate surface area is 179 Å². The number of benzene rings is 2. The summed E-state index contributed by atoms with van der Waals surface area (Å²) in [5.41, 5.74) is 1.83. The second kappa shape index (κ2) is 9.45. The largest absolute Gasteiger partial charge is 0.497 e. The molecule has 8 heteroatoms. The number of alkyl halides is 1. The minimum atomic E-state index is -1.16. The molecule has 1 amide bonds. The molecule has 2 aromatic carbocycles. The summed E-state index contributed by atoms with van der Waals surface area (Å²) in [6, 6.07) is 11.7. The van der Waals surface area contributed by atoms with Crippen molar-refractivity contribution in [2.45, 2.75) is 25.2 Å². The van der Waals surface area contributed by atoms with Crippen LogP contribution < -0.4 is 15.4 Å². The van der Waals surface area contributed by atoms with Crippen LogP contribution in [0, 0.1) is 5.82 Å². The molecule has 2 atom stereocenters. The van der Waals surface area contributed by atoms with E-state index in [0.29, 0.717) is 25.0 Å². The maximum atomic E-state index is 14.6. The number of carbonyl (C=O) groups is 1. The quantitative estimate of drug-likeness (QED) is 0.642. The summed E-state index contributed by atoms with van der Waals surface area (Å²) in [6.07, 6.45) is 0.979. The molecule has 160 valence electrons. The highest BCUT2D eigenvalue weighted by Crippen LogP contribution is 2.26. The first-order valence-electron chi connectivity index (χ1n) is 9.62. The minimum Gasteiger partial charge on any atom is -0.497 e. The van der Waals surface area contributed by atoms with E-state index in [1.807, 2.05) is 28.8 Å². The van der Waals surface area contributed by atoms with Gasteiger partial charge in [-0.05, 0) is 42.8 Å².